The number of unbranched alkanes of at least 4 members (excludes halogenated alkanes) is 3. The van der Waals surface area contributed by atoms with Crippen LogP contribution in [0, 0.1) is 11.3 Å². The van der Waals surface area contributed by atoms with E-state index < -0.39 is 29.1 Å². The molecule has 0 radical (unpaired) electrons. The fourth-order valence-electron chi connectivity index (χ4n) is 6.41. The summed E-state index contributed by atoms with van der Waals surface area (Å²) in [5.74, 6) is 0.116. The Bertz CT molecular complexity index is 1470. The van der Waals surface area contributed by atoms with Crippen LogP contribution in [0.25, 0.3) is 0 Å². The topological polar surface area (TPSA) is 164 Å². The Morgan fingerprint density at radius 2 is 1.61 bits per heavy atom. The Hall–Kier alpha value is -2.76. The molecule has 274 valence electrons. The van der Waals surface area contributed by atoms with Crippen molar-refractivity contribution in [3.8, 4) is 0 Å². The zero-order chi connectivity index (χ0) is 35.9. The van der Waals surface area contributed by atoms with Gasteiger partial charge in [0.05, 0.1) is 24.3 Å². The van der Waals surface area contributed by atoms with Crippen LogP contribution in [-0.2, 0) is 33.8 Å². The molecule has 49 heavy (non-hydrogen) atoms. The van der Waals surface area contributed by atoms with Gasteiger partial charge in [0.1, 0.15) is 6.04 Å². The minimum Gasteiger partial charge on any atom is -0.370 e. The van der Waals surface area contributed by atoms with Gasteiger partial charge in [-0.25, -0.2) is 8.42 Å². The van der Waals surface area contributed by atoms with E-state index in [2.05, 4.69) is 23.9 Å². The lowest BCUT2D eigenvalue weighted by Gasteiger charge is -2.34. The number of likely N-dealkylation sites (tertiary alicyclic amines) is 1. The Morgan fingerprint density at radius 3 is 2.24 bits per heavy atom. The smallest absolute Gasteiger partial charge is 0.330 e. The lowest BCUT2D eigenvalue weighted by molar-refractivity contribution is -0.134. The molecule has 1 fully saturated rings. The molecular formula is C36H58N5O6PS. The van der Waals surface area contributed by atoms with Crippen molar-refractivity contribution in [3.05, 3.63) is 65.7 Å². The minimum atomic E-state index is -4.03. The summed E-state index contributed by atoms with van der Waals surface area (Å²) in [5.41, 5.74) is 6.92. The fourth-order valence-corrected chi connectivity index (χ4v) is 9.40. The summed E-state index contributed by atoms with van der Waals surface area (Å²) in [6, 6.07) is 15.9. The first-order valence-electron chi connectivity index (χ1n) is 17.7. The van der Waals surface area contributed by atoms with Crippen LogP contribution < -0.4 is 15.8 Å². The summed E-state index contributed by atoms with van der Waals surface area (Å²) < 4.78 is 53.7. The van der Waals surface area contributed by atoms with Gasteiger partial charge in [-0.2, -0.15) is 4.72 Å². The van der Waals surface area contributed by atoms with Crippen LogP contribution >= 0.6 is 7.60 Å². The van der Waals surface area contributed by atoms with Gasteiger partial charge >= 0.3 is 7.60 Å². The summed E-state index contributed by atoms with van der Waals surface area (Å²) in [6.45, 7) is 10.1. The number of amides is 1. The highest BCUT2D eigenvalue weighted by atomic mass is 32.2. The maximum Gasteiger partial charge on any atom is 0.330 e. The van der Waals surface area contributed by atoms with E-state index in [-0.39, 0.29) is 23.2 Å². The quantitative estimate of drug-likeness (QED) is 0.0500. The molecule has 2 aromatic carbocycles. The highest BCUT2D eigenvalue weighted by Crippen LogP contribution is 2.48. The molecule has 0 bridgehead atoms. The lowest BCUT2D eigenvalue weighted by atomic mass is 9.78. The molecule has 1 aliphatic heterocycles. The molecule has 1 aliphatic rings. The number of piperidine rings is 1. The summed E-state index contributed by atoms with van der Waals surface area (Å²) in [4.78, 5) is 15.7. The molecule has 2 aromatic rings. The molecule has 3 rings (SSSR count). The van der Waals surface area contributed by atoms with E-state index >= 15 is 0 Å². The molecule has 1 heterocycles. The molecule has 0 aromatic heterocycles. The first-order chi connectivity index (χ1) is 23.3. The zero-order valence-corrected chi connectivity index (χ0v) is 31.5. The third-order valence-corrected chi connectivity index (χ3v) is 13.0. The van der Waals surface area contributed by atoms with Gasteiger partial charge in [0.15, 0.2) is 5.96 Å². The number of sulfonamides is 1. The number of nitrogens with one attached hydrogen (secondary N) is 3. The molecule has 11 nitrogen and oxygen atoms in total. The predicted octanol–water partition coefficient (Wildman–Crippen LogP) is 6.38. The van der Waals surface area contributed by atoms with E-state index in [1.165, 1.54) is 0 Å². The van der Waals surface area contributed by atoms with Gasteiger partial charge in [-0.05, 0) is 75.1 Å². The van der Waals surface area contributed by atoms with Crippen molar-refractivity contribution in [3.63, 3.8) is 0 Å². The van der Waals surface area contributed by atoms with Crippen LogP contribution in [-0.4, -0.2) is 70.2 Å². The third-order valence-electron chi connectivity index (χ3n) is 9.31. The van der Waals surface area contributed by atoms with E-state index in [1.54, 1.807) is 23.1 Å². The van der Waals surface area contributed by atoms with Gasteiger partial charge in [-0.1, -0.05) is 82.0 Å². The van der Waals surface area contributed by atoms with Gasteiger partial charge in [-0.15, -0.1) is 0 Å². The normalized spacial score (nSPS) is 15.2. The number of hydrogen-bond acceptors (Lipinski definition) is 7. The van der Waals surface area contributed by atoms with Gasteiger partial charge < -0.3 is 25.0 Å². The van der Waals surface area contributed by atoms with Crippen molar-refractivity contribution < 1.29 is 26.8 Å². The molecule has 1 atom stereocenters. The highest BCUT2D eigenvalue weighted by Gasteiger charge is 2.32. The Labute approximate surface area is 294 Å². The number of carbonyl (C=O) groups is 1. The largest absolute Gasteiger partial charge is 0.370 e. The van der Waals surface area contributed by atoms with Crippen LogP contribution in [0.1, 0.15) is 96.6 Å². The van der Waals surface area contributed by atoms with Gasteiger partial charge in [0.2, 0.25) is 15.9 Å². The zero-order valence-electron chi connectivity index (χ0n) is 29.8. The van der Waals surface area contributed by atoms with E-state index in [4.69, 9.17) is 20.2 Å². The summed E-state index contributed by atoms with van der Waals surface area (Å²) in [6.07, 6.45) is 7.87. The second-order valence-electron chi connectivity index (χ2n) is 13.3. The Kier molecular flexibility index (Phi) is 16.3. The standard InChI is InChI=1S/C36H58N5O6PS/c1-5-46-48(43,47-6-2)27-13-8-7-10-16-29-22-25-41(26-23-29)34(42)33(21-15-24-39-35(37)38)40-49(44,45)32-20-14-19-31(28-32)36(3,4)30-17-11-9-12-18-30/h9,11-12,14,17-20,28-29,33,40H,5-8,10,13,15-16,21-27H2,1-4H3,(H4,37,38,39). The van der Waals surface area contributed by atoms with Crippen molar-refractivity contribution in [2.45, 2.75) is 102 Å². The fraction of sp³-hybridized carbons (Fsp3) is 0.611. The third kappa shape index (κ3) is 12.8. The predicted molar refractivity (Wildman–Crippen MR) is 196 cm³/mol. The minimum absolute atomic E-state index is 0.117. The maximum atomic E-state index is 13.8. The van der Waals surface area contributed by atoms with Crippen molar-refractivity contribution in [1.82, 2.24) is 14.9 Å². The van der Waals surface area contributed by atoms with E-state index in [1.807, 2.05) is 50.2 Å². The first kappa shape index (κ1) is 40.7. The molecule has 1 unspecified atom stereocenters. The molecule has 0 aliphatic carbocycles. The highest BCUT2D eigenvalue weighted by molar-refractivity contribution is 7.89. The second kappa shape index (κ2) is 19.6. The Morgan fingerprint density at radius 1 is 0.980 bits per heavy atom. The van der Waals surface area contributed by atoms with Crippen LogP contribution in [0.2, 0.25) is 0 Å². The molecule has 0 spiro atoms. The molecule has 1 saturated heterocycles. The first-order valence-corrected chi connectivity index (χ1v) is 21.0. The number of nitrogens with zero attached hydrogens (tertiary/aromatic N) is 1. The number of hydrogen-bond donors (Lipinski definition) is 4. The number of nitrogens with two attached hydrogens (primary N) is 1. The molecular weight excluding hydrogens is 661 g/mol. The van der Waals surface area contributed by atoms with E-state index in [0.29, 0.717) is 51.3 Å². The monoisotopic (exact) mass is 719 g/mol. The van der Waals surface area contributed by atoms with Crippen LogP contribution in [0.15, 0.2) is 59.5 Å². The molecule has 13 heteroatoms. The number of rotatable bonds is 21. The van der Waals surface area contributed by atoms with Crippen molar-refractivity contribution >= 4 is 29.5 Å². The van der Waals surface area contributed by atoms with Crippen molar-refractivity contribution in [2.24, 2.45) is 11.7 Å². The van der Waals surface area contributed by atoms with Gasteiger partial charge in [-0.3, -0.25) is 14.8 Å². The van der Waals surface area contributed by atoms with Gasteiger partial charge in [0, 0.05) is 25.0 Å². The van der Waals surface area contributed by atoms with E-state index in [9.17, 15) is 17.8 Å². The summed E-state index contributed by atoms with van der Waals surface area (Å²) in [5, 5.41) is 10.2. The van der Waals surface area contributed by atoms with Crippen LogP contribution in [0.5, 0.6) is 0 Å². The van der Waals surface area contributed by atoms with Gasteiger partial charge in [0.25, 0.3) is 0 Å². The van der Waals surface area contributed by atoms with Crippen molar-refractivity contribution in [2.75, 3.05) is 39.0 Å². The summed E-state index contributed by atoms with van der Waals surface area (Å²) >= 11 is 0. The number of guanidine groups is 1. The summed E-state index contributed by atoms with van der Waals surface area (Å²) in [7, 11) is -7.01. The molecule has 1 amide bonds. The van der Waals surface area contributed by atoms with Crippen LogP contribution in [0.3, 0.4) is 0 Å². The van der Waals surface area contributed by atoms with E-state index in [0.717, 1.165) is 56.1 Å². The number of benzene rings is 2. The lowest BCUT2D eigenvalue weighted by Crippen LogP contribution is -2.51. The average Bonchev–Trinajstić information content (AvgIpc) is 3.08. The van der Waals surface area contributed by atoms with Crippen LogP contribution in [0.4, 0.5) is 0 Å². The average molecular weight is 720 g/mol. The molecule has 5 N–H and O–H groups in total. The Balaban J connectivity index is 1.58. The second-order valence-corrected chi connectivity index (χ2v) is 17.2. The number of carbonyl (C=O) groups excluding carboxylic acids is 1. The molecule has 0 saturated carbocycles. The SMILES string of the molecule is CCOP(=O)(CCCCCCC1CCN(C(=O)C(CCCNC(=N)N)NS(=O)(=O)c2cccc(C(C)(C)c3ccccc3)c2)CC1)OCC. The van der Waals surface area contributed by atoms with Crippen molar-refractivity contribution in [1.29, 1.82) is 5.41 Å². The maximum absolute atomic E-state index is 13.8.